The maximum absolute atomic E-state index is 13.0. The smallest absolute Gasteiger partial charge is 0.340 e. The second kappa shape index (κ2) is 10.6. The number of para-hydroxylation sites is 3. The zero-order valence-corrected chi connectivity index (χ0v) is 20.8. The zero-order chi connectivity index (χ0) is 25.7. The van der Waals surface area contributed by atoms with Gasteiger partial charge in [-0.15, -0.1) is 0 Å². The van der Waals surface area contributed by atoms with Crippen molar-refractivity contribution in [3.63, 3.8) is 0 Å². The molecule has 3 aromatic carbocycles. The van der Waals surface area contributed by atoms with E-state index in [0.29, 0.717) is 28.2 Å². The second-order valence-corrected chi connectivity index (χ2v) is 9.33. The molecule has 1 amide bonds. The number of nitrogens with zero attached hydrogens (tertiary/aromatic N) is 2. The summed E-state index contributed by atoms with van der Waals surface area (Å²) in [5.74, 6) is -0.707. The molecule has 1 aromatic heterocycles. The molecule has 0 aliphatic rings. The van der Waals surface area contributed by atoms with Crippen molar-refractivity contribution in [3.05, 3.63) is 102 Å². The number of carbonyl (C=O) groups is 2. The average molecular weight is 501 g/mol. The molecule has 2 N–H and O–H groups in total. The molecule has 0 atom stereocenters. The normalized spacial score (nSPS) is 11.0. The van der Waals surface area contributed by atoms with E-state index >= 15 is 0 Å². The van der Waals surface area contributed by atoms with E-state index in [2.05, 4.69) is 20.6 Å². The fourth-order valence-corrected chi connectivity index (χ4v) is 3.52. The summed E-state index contributed by atoms with van der Waals surface area (Å²) >= 11 is 5.75. The molecule has 0 unspecified atom stereocenters. The Morgan fingerprint density at radius 1 is 0.778 bits per heavy atom. The number of aromatic nitrogens is 2. The molecule has 0 aliphatic heterocycles. The molecule has 0 saturated heterocycles. The lowest BCUT2D eigenvalue weighted by Gasteiger charge is -2.21. The molecular formula is C28H25ClN4O3. The highest BCUT2D eigenvalue weighted by Gasteiger charge is 2.20. The Labute approximate surface area is 214 Å². The van der Waals surface area contributed by atoms with Crippen molar-refractivity contribution in [2.24, 2.45) is 0 Å². The van der Waals surface area contributed by atoms with Gasteiger partial charge in [-0.1, -0.05) is 36.4 Å². The Balaban J connectivity index is 1.52. The van der Waals surface area contributed by atoms with Crippen LogP contribution in [-0.4, -0.2) is 27.4 Å². The third kappa shape index (κ3) is 6.25. The van der Waals surface area contributed by atoms with Gasteiger partial charge in [0.1, 0.15) is 5.60 Å². The van der Waals surface area contributed by atoms with Gasteiger partial charge in [-0.25, -0.2) is 14.8 Å². The van der Waals surface area contributed by atoms with E-state index in [-0.39, 0.29) is 11.2 Å². The molecule has 36 heavy (non-hydrogen) atoms. The Kier molecular flexibility index (Phi) is 7.31. The molecule has 4 aromatic rings. The van der Waals surface area contributed by atoms with Crippen LogP contribution in [0.1, 0.15) is 41.5 Å². The maximum Gasteiger partial charge on any atom is 0.340 e. The third-order valence-corrected chi connectivity index (χ3v) is 5.29. The van der Waals surface area contributed by atoms with E-state index in [1.165, 1.54) is 0 Å². The molecule has 0 saturated carbocycles. The summed E-state index contributed by atoms with van der Waals surface area (Å²) in [5, 5.41) is 6.38. The van der Waals surface area contributed by atoms with E-state index in [0.717, 1.165) is 11.1 Å². The first-order valence-corrected chi connectivity index (χ1v) is 11.7. The van der Waals surface area contributed by atoms with Crippen LogP contribution >= 0.6 is 11.6 Å². The summed E-state index contributed by atoms with van der Waals surface area (Å²) in [7, 11) is 0. The Hall–Kier alpha value is -4.23. The Morgan fingerprint density at radius 3 is 2.00 bits per heavy atom. The van der Waals surface area contributed by atoms with E-state index in [1.807, 2.05) is 57.2 Å². The second-order valence-electron chi connectivity index (χ2n) is 8.99. The molecular weight excluding hydrogens is 476 g/mol. The van der Waals surface area contributed by atoms with Gasteiger partial charge in [0.2, 0.25) is 5.28 Å². The van der Waals surface area contributed by atoms with Crippen LogP contribution in [0.5, 0.6) is 0 Å². The van der Waals surface area contributed by atoms with Crippen LogP contribution in [0.15, 0.2) is 85.2 Å². The highest BCUT2D eigenvalue weighted by atomic mass is 35.5. The summed E-state index contributed by atoms with van der Waals surface area (Å²) < 4.78 is 5.54. The molecule has 0 spiro atoms. The lowest BCUT2D eigenvalue weighted by molar-refractivity contribution is 0.00706. The van der Waals surface area contributed by atoms with Crippen LogP contribution in [-0.2, 0) is 4.74 Å². The molecule has 0 aliphatic carbocycles. The van der Waals surface area contributed by atoms with E-state index in [9.17, 15) is 9.59 Å². The monoisotopic (exact) mass is 500 g/mol. The number of halogens is 1. The molecule has 0 bridgehead atoms. The highest BCUT2D eigenvalue weighted by molar-refractivity contribution is 6.28. The number of rotatable bonds is 6. The third-order valence-electron chi connectivity index (χ3n) is 5.09. The number of hydrogen-bond acceptors (Lipinski definition) is 6. The average Bonchev–Trinajstić information content (AvgIpc) is 2.85. The Bertz CT molecular complexity index is 1380. The van der Waals surface area contributed by atoms with Crippen LogP contribution in [0.2, 0.25) is 5.28 Å². The standard InChI is InChI=1S/C28H25ClN4O3/c1-28(2,3)36-26(35)21-8-4-5-9-22(21)32-23-10-6-7-11-24(23)33-25(34)19-14-12-18(13-15-19)20-16-30-27(29)31-17-20/h4-17,32H,1-3H3,(H,33,34). The van der Waals surface area contributed by atoms with Gasteiger partial charge in [0.05, 0.1) is 22.6 Å². The SMILES string of the molecule is CC(C)(C)OC(=O)c1ccccc1Nc1ccccc1NC(=O)c1ccc(-c2cnc(Cl)nc2)cc1. The molecule has 0 fully saturated rings. The first-order valence-electron chi connectivity index (χ1n) is 11.3. The van der Waals surface area contributed by atoms with Gasteiger partial charge in [-0.05, 0) is 74.3 Å². The summed E-state index contributed by atoms with van der Waals surface area (Å²) in [6.45, 7) is 5.46. The lowest BCUT2D eigenvalue weighted by Crippen LogP contribution is -2.24. The van der Waals surface area contributed by atoms with Crippen molar-refractivity contribution >= 4 is 40.5 Å². The fourth-order valence-electron chi connectivity index (χ4n) is 3.42. The van der Waals surface area contributed by atoms with E-state index in [4.69, 9.17) is 16.3 Å². The number of carbonyl (C=O) groups excluding carboxylic acids is 2. The van der Waals surface area contributed by atoms with Crippen LogP contribution < -0.4 is 10.6 Å². The quantitative estimate of drug-likeness (QED) is 0.225. The topological polar surface area (TPSA) is 93.2 Å². The first-order chi connectivity index (χ1) is 17.2. The van der Waals surface area contributed by atoms with Crippen LogP contribution in [0.3, 0.4) is 0 Å². The Morgan fingerprint density at radius 2 is 1.36 bits per heavy atom. The minimum Gasteiger partial charge on any atom is -0.456 e. The number of nitrogens with one attached hydrogen (secondary N) is 2. The molecule has 7 nitrogen and oxygen atoms in total. The number of anilines is 3. The lowest BCUT2D eigenvalue weighted by atomic mass is 10.1. The van der Waals surface area contributed by atoms with E-state index in [1.54, 1.807) is 48.8 Å². The molecule has 0 radical (unpaired) electrons. The summed E-state index contributed by atoms with van der Waals surface area (Å²) in [6, 6.07) is 21.5. The minimum atomic E-state index is -0.619. The molecule has 4 rings (SSSR count). The number of hydrogen-bond donors (Lipinski definition) is 2. The van der Waals surface area contributed by atoms with Gasteiger partial charge < -0.3 is 15.4 Å². The van der Waals surface area contributed by atoms with Crippen molar-refractivity contribution in [3.8, 4) is 11.1 Å². The van der Waals surface area contributed by atoms with Crippen molar-refractivity contribution in [1.82, 2.24) is 9.97 Å². The van der Waals surface area contributed by atoms with Crippen molar-refractivity contribution in [2.75, 3.05) is 10.6 Å². The van der Waals surface area contributed by atoms with Crippen LogP contribution in [0.25, 0.3) is 11.1 Å². The number of esters is 1. The molecule has 182 valence electrons. The zero-order valence-electron chi connectivity index (χ0n) is 20.1. The van der Waals surface area contributed by atoms with Gasteiger partial charge in [-0.3, -0.25) is 4.79 Å². The largest absolute Gasteiger partial charge is 0.456 e. The summed E-state index contributed by atoms with van der Waals surface area (Å²) in [4.78, 5) is 33.7. The van der Waals surface area contributed by atoms with E-state index < -0.39 is 11.6 Å². The molecule has 1 heterocycles. The predicted molar refractivity (Wildman–Crippen MR) is 142 cm³/mol. The fraction of sp³-hybridized carbons (Fsp3) is 0.143. The predicted octanol–water partition coefficient (Wildman–Crippen LogP) is 6.75. The first kappa shape index (κ1) is 24.9. The highest BCUT2D eigenvalue weighted by Crippen LogP contribution is 2.29. The minimum absolute atomic E-state index is 0.177. The van der Waals surface area contributed by atoms with Crippen molar-refractivity contribution in [2.45, 2.75) is 26.4 Å². The van der Waals surface area contributed by atoms with Gasteiger partial charge in [0.15, 0.2) is 0 Å². The maximum atomic E-state index is 13.0. The van der Waals surface area contributed by atoms with Gasteiger partial charge >= 0.3 is 5.97 Å². The van der Waals surface area contributed by atoms with Crippen molar-refractivity contribution in [1.29, 1.82) is 0 Å². The summed E-state index contributed by atoms with van der Waals surface area (Å²) in [6.07, 6.45) is 3.25. The number of ether oxygens (including phenoxy) is 1. The van der Waals surface area contributed by atoms with Crippen LogP contribution in [0, 0.1) is 0 Å². The van der Waals surface area contributed by atoms with Gasteiger partial charge in [0, 0.05) is 23.5 Å². The number of amides is 1. The number of benzene rings is 3. The van der Waals surface area contributed by atoms with Gasteiger partial charge in [-0.2, -0.15) is 0 Å². The van der Waals surface area contributed by atoms with Crippen LogP contribution in [0.4, 0.5) is 17.1 Å². The van der Waals surface area contributed by atoms with Gasteiger partial charge in [0.25, 0.3) is 5.91 Å². The summed E-state index contributed by atoms with van der Waals surface area (Å²) in [5.41, 5.74) is 3.70. The van der Waals surface area contributed by atoms with Crippen molar-refractivity contribution < 1.29 is 14.3 Å². The molecule has 8 heteroatoms.